The smallest absolute Gasteiger partial charge is 0.224 e. The molecule has 1 atom stereocenters. The van der Waals surface area contributed by atoms with Gasteiger partial charge < -0.3 is 5.32 Å². The van der Waals surface area contributed by atoms with Crippen molar-refractivity contribution in [2.24, 2.45) is 0 Å². The van der Waals surface area contributed by atoms with Crippen molar-refractivity contribution in [3.63, 3.8) is 0 Å². The Labute approximate surface area is 127 Å². The quantitative estimate of drug-likeness (QED) is 0.826. The van der Waals surface area contributed by atoms with E-state index in [0.717, 1.165) is 5.69 Å². The van der Waals surface area contributed by atoms with Gasteiger partial charge in [0.2, 0.25) is 5.91 Å². The molecule has 0 saturated carbocycles. The number of hydrogen-bond acceptors (Lipinski definition) is 1. The summed E-state index contributed by atoms with van der Waals surface area (Å²) in [6, 6.07) is 18.2. The largest absolute Gasteiger partial charge is 0.326 e. The van der Waals surface area contributed by atoms with Crippen molar-refractivity contribution in [3.05, 3.63) is 65.7 Å². The molecule has 0 fully saturated rings. The molecule has 0 heterocycles. The van der Waals surface area contributed by atoms with Crippen molar-refractivity contribution in [3.8, 4) is 0 Å². The summed E-state index contributed by atoms with van der Waals surface area (Å²) in [4.78, 5) is 12.3. The van der Waals surface area contributed by atoms with Gasteiger partial charge in [-0.25, -0.2) is 0 Å². The molecule has 0 spiro atoms. The van der Waals surface area contributed by atoms with Crippen LogP contribution < -0.4 is 5.32 Å². The van der Waals surface area contributed by atoms with Gasteiger partial charge >= 0.3 is 0 Å². The lowest BCUT2D eigenvalue weighted by Crippen LogP contribution is -2.15. The van der Waals surface area contributed by atoms with E-state index in [2.05, 4.69) is 44.3 Å². The van der Waals surface area contributed by atoms with E-state index in [0.29, 0.717) is 12.3 Å². The minimum atomic E-state index is 0.0689. The lowest BCUT2D eigenvalue weighted by molar-refractivity contribution is -0.116. The van der Waals surface area contributed by atoms with E-state index in [1.54, 1.807) is 0 Å². The lowest BCUT2D eigenvalue weighted by Gasteiger charge is -2.15. The van der Waals surface area contributed by atoms with Gasteiger partial charge in [0.05, 0.1) is 0 Å². The van der Waals surface area contributed by atoms with Crippen molar-refractivity contribution >= 4 is 11.6 Å². The summed E-state index contributed by atoms with van der Waals surface area (Å²) >= 11 is 0. The molecule has 2 aromatic rings. The molecule has 2 aromatic carbocycles. The molecule has 0 bridgehead atoms. The Bertz CT molecular complexity index is 590. The Morgan fingerprint density at radius 1 is 0.952 bits per heavy atom. The van der Waals surface area contributed by atoms with E-state index in [4.69, 9.17) is 0 Å². The molecule has 2 heteroatoms. The van der Waals surface area contributed by atoms with Crippen molar-refractivity contribution in [1.29, 1.82) is 0 Å². The highest BCUT2D eigenvalue weighted by molar-refractivity contribution is 5.92. The first kappa shape index (κ1) is 15.3. The van der Waals surface area contributed by atoms with Crippen LogP contribution in [0.5, 0.6) is 0 Å². The van der Waals surface area contributed by atoms with Crippen LogP contribution in [0, 0.1) is 0 Å². The molecular weight excluding hydrogens is 258 g/mol. The van der Waals surface area contributed by atoms with E-state index in [-0.39, 0.29) is 11.8 Å². The topological polar surface area (TPSA) is 29.1 Å². The highest BCUT2D eigenvalue weighted by Gasteiger charge is 2.13. The van der Waals surface area contributed by atoms with Gasteiger partial charge in [0.1, 0.15) is 0 Å². The fraction of sp³-hybridized carbons (Fsp3) is 0.316. The number of hydrogen-bond donors (Lipinski definition) is 1. The van der Waals surface area contributed by atoms with Crippen LogP contribution in [0.15, 0.2) is 54.6 Å². The van der Waals surface area contributed by atoms with Gasteiger partial charge in [0, 0.05) is 12.1 Å². The maximum absolute atomic E-state index is 12.3. The van der Waals surface area contributed by atoms with Crippen LogP contribution >= 0.6 is 0 Å². The van der Waals surface area contributed by atoms with Gasteiger partial charge in [-0.15, -0.1) is 0 Å². The average Bonchev–Trinajstić information content (AvgIpc) is 2.48. The van der Waals surface area contributed by atoms with E-state index < -0.39 is 0 Å². The van der Waals surface area contributed by atoms with Crippen LogP contribution in [0.3, 0.4) is 0 Å². The molecule has 2 nitrogen and oxygen atoms in total. The number of benzene rings is 2. The zero-order valence-electron chi connectivity index (χ0n) is 13.0. The first-order valence-electron chi connectivity index (χ1n) is 7.51. The number of carbonyl (C=O) groups excluding carboxylic acids is 1. The standard InChI is InChI=1S/C19H23NO/c1-14(2)17-11-7-8-12-18(17)20-19(21)13-15(3)16-9-5-4-6-10-16/h4-12,14-15H,13H2,1-3H3,(H,20,21)/t15-/m0/s1. The highest BCUT2D eigenvalue weighted by atomic mass is 16.1. The maximum atomic E-state index is 12.3. The molecular formula is C19H23NO. The normalized spacial score (nSPS) is 12.2. The second-order valence-corrected chi connectivity index (χ2v) is 5.81. The molecule has 0 saturated heterocycles. The van der Waals surface area contributed by atoms with E-state index in [1.807, 2.05) is 36.4 Å². The Balaban J connectivity index is 2.02. The first-order chi connectivity index (χ1) is 10.1. The molecule has 0 aliphatic heterocycles. The third-order valence-corrected chi connectivity index (χ3v) is 3.72. The summed E-state index contributed by atoms with van der Waals surface area (Å²) in [7, 11) is 0. The molecule has 2 rings (SSSR count). The predicted molar refractivity (Wildman–Crippen MR) is 88.6 cm³/mol. The molecule has 0 unspecified atom stereocenters. The van der Waals surface area contributed by atoms with E-state index in [9.17, 15) is 4.79 Å². The minimum Gasteiger partial charge on any atom is -0.326 e. The number of amides is 1. The van der Waals surface area contributed by atoms with Crippen LogP contribution in [0.25, 0.3) is 0 Å². The SMILES string of the molecule is CC(C)c1ccccc1NC(=O)C[C@H](C)c1ccccc1. The minimum absolute atomic E-state index is 0.0689. The number of para-hydroxylation sites is 1. The number of carbonyl (C=O) groups is 1. The Kier molecular flexibility index (Phi) is 5.15. The second-order valence-electron chi connectivity index (χ2n) is 5.81. The molecule has 0 aromatic heterocycles. The van der Waals surface area contributed by atoms with Gasteiger partial charge in [-0.3, -0.25) is 4.79 Å². The van der Waals surface area contributed by atoms with Crippen LogP contribution in [-0.2, 0) is 4.79 Å². The summed E-state index contributed by atoms with van der Waals surface area (Å²) in [5.74, 6) is 0.685. The van der Waals surface area contributed by atoms with Crippen molar-refractivity contribution in [2.75, 3.05) is 5.32 Å². The Morgan fingerprint density at radius 3 is 2.24 bits per heavy atom. The number of nitrogens with one attached hydrogen (secondary N) is 1. The first-order valence-corrected chi connectivity index (χ1v) is 7.51. The van der Waals surface area contributed by atoms with Crippen LogP contribution in [0.4, 0.5) is 5.69 Å². The fourth-order valence-electron chi connectivity index (χ4n) is 2.49. The summed E-state index contributed by atoms with van der Waals surface area (Å²) in [6.07, 6.45) is 0.496. The third-order valence-electron chi connectivity index (χ3n) is 3.72. The van der Waals surface area contributed by atoms with Crippen molar-refractivity contribution in [1.82, 2.24) is 0 Å². The second kappa shape index (κ2) is 7.07. The molecule has 0 radical (unpaired) electrons. The summed E-state index contributed by atoms with van der Waals surface area (Å²) in [5.41, 5.74) is 3.31. The highest BCUT2D eigenvalue weighted by Crippen LogP contribution is 2.25. The summed E-state index contributed by atoms with van der Waals surface area (Å²) < 4.78 is 0. The zero-order valence-corrected chi connectivity index (χ0v) is 13.0. The molecule has 110 valence electrons. The summed E-state index contributed by atoms with van der Waals surface area (Å²) in [5, 5.41) is 3.05. The van der Waals surface area contributed by atoms with Gasteiger partial charge in [-0.05, 0) is 29.0 Å². The van der Waals surface area contributed by atoms with E-state index in [1.165, 1.54) is 11.1 Å². The maximum Gasteiger partial charge on any atom is 0.224 e. The Morgan fingerprint density at radius 2 is 1.57 bits per heavy atom. The predicted octanol–water partition coefficient (Wildman–Crippen LogP) is 4.94. The van der Waals surface area contributed by atoms with Gasteiger partial charge in [0.25, 0.3) is 0 Å². The monoisotopic (exact) mass is 281 g/mol. The van der Waals surface area contributed by atoms with Gasteiger partial charge in [0.15, 0.2) is 0 Å². The molecule has 0 aliphatic carbocycles. The van der Waals surface area contributed by atoms with Gasteiger partial charge in [-0.2, -0.15) is 0 Å². The van der Waals surface area contributed by atoms with E-state index >= 15 is 0 Å². The zero-order chi connectivity index (χ0) is 15.2. The summed E-state index contributed by atoms with van der Waals surface area (Å²) in [6.45, 7) is 6.36. The molecule has 1 N–H and O–H groups in total. The van der Waals surface area contributed by atoms with Crippen LogP contribution in [0.1, 0.15) is 50.2 Å². The van der Waals surface area contributed by atoms with Crippen LogP contribution in [-0.4, -0.2) is 5.91 Å². The van der Waals surface area contributed by atoms with Crippen LogP contribution in [0.2, 0.25) is 0 Å². The Hall–Kier alpha value is -2.09. The lowest BCUT2D eigenvalue weighted by atomic mass is 9.97. The van der Waals surface area contributed by atoms with Crippen molar-refractivity contribution < 1.29 is 4.79 Å². The number of anilines is 1. The van der Waals surface area contributed by atoms with Crippen molar-refractivity contribution in [2.45, 2.75) is 39.0 Å². The molecule has 21 heavy (non-hydrogen) atoms. The number of rotatable bonds is 5. The fourth-order valence-corrected chi connectivity index (χ4v) is 2.49. The molecule has 0 aliphatic rings. The third kappa shape index (κ3) is 4.19. The average molecular weight is 281 g/mol. The van der Waals surface area contributed by atoms with Gasteiger partial charge in [-0.1, -0.05) is 69.3 Å². The molecule has 1 amide bonds.